The summed E-state index contributed by atoms with van der Waals surface area (Å²) >= 11 is 0. The van der Waals surface area contributed by atoms with Crippen LogP contribution in [0.4, 0.5) is 13.6 Å². The summed E-state index contributed by atoms with van der Waals surface area (Å²) < 4.78 is 31.4. The highest BCUT2D eigenvalue weighted by Crippen LogP contribution is 2.38. The minimum Gasteiger partial charge on any atom is -0.444 e. The van der Waals surface area contributed by atoms with Gasteiger partial charge in [0.25, 0.3) is 5.92 Å². The van der Waals surface area contributed by atoms with Gasteiger partial charge in [-0.2, -0.15) is 0 Å². The first-order valence-corrected chi connectivity index (χ1v) is 5.70. The van der Waals surface area contributed by atoms with Gasteiger partial charge in [-0.05, 0) is 33.2 Å². The van der Waals surface area contributed by atoms with Crippen LogP contribution in [0, 0.1) is 5.92 Å². The standard InChI is InChI=1S/C11H20F2N2O2/c1-10(2,3)17-9(16)15-8-5-11(12,13)4-7(8)6-14/h7-8H,4-6,14H2,1-3H3,(H,15,16)/t7-,8+/m1/s1. The predicted molar refractivity (Wildman–Crippen MR) is 59.9 cm³/mol. The molecule has 1 amide bonds. The SMILES string of the molecule is CC(C)(C)OC(=O)N[C@H]1CC(F)(F)C[C@@H]1CN. The van der Waals surface area contributed by atoms with Crippen LogP contribution in [-0.2, 0) is 4.74 Å². The lowest BCUT2D eigenvalue weighted by molar-refractivity contribution is 0.00349. The van der Waals surface area contributed by atoms with Gasteiger partial charge in [0.2, 0.25) is 0 Å². The second-order valence-electron chi connectivity index (χ2n) is 5.51. The molecule has 0 spiro atoms. The van der Waals surface area contributed by atoms with Crippen LogP contribution in [0.25, 0.3) is 0 Å². The molecule has 2 atom stereocenters. The molecule has 0 unspecified atom stereocenters. The van der Waals surface area contributed by atoms with Gasteiger partial charge in [0.15, 0.2) is 0 Å². The zero-order valence-electron chi connectivity index (χ0n) is 10.4. The lowest BCUT2D eigenvalue weighted by atomic mass is 10.0. The van der Waals surface area contributed by atoms with Crippen LogP contribution in [0.15, 0.2) is 0 Å². The molecule has 0 aliphatic heterocycles. The Morgan fingerprint density at radius 2 is 2.06 bits per heavy atom. The van der Waals surface area contributed by atoms with Gasteiger partial charge in [0, 0.05) is 18.9 Å². The fraction of sp³-hybridized carbons (Fsp3) is 0.909. The van der Waals surface area contributed by atoms with E-state index in [0.717, 1.165) is 0 Å². The molecule has 3 N–H and O–H groups in total. The Bertz CT molecular complexity index is 290. The van der Waals surface area contributed by atoms with Gasteiger partial charge in [0.1, 0.15) is 5.60 Å². The van der Waals surface area contributed by atoms with Crippen molar-refractivity contribution in [3.8, 4) is 0 Å². The molecule has 0 radical (unpaired) electrons. The van der Waals surface area contributed by atoms with Gasteiger partial charge in [-0.25, -0.2) is 13.6 Å². The van der Waals surface area contributed by atoms with Gasteiger partial charge in [-0.3, -0.25) is 0 Å². The Labute approximate surface area is 99.9 Å². The maximum Gasteiger partial charge on any atom is 0.407 e. The number of carbonyl (C=O) groups excluding carboxylic acids is 1. The Morgan fingerprint density at radius 1 is 1.47 bits per heavy atom. The van der Waals surface area contributed by atoms with Crippen LogP contribution in [0.1, 0.15) is 33.6 Å². The molecule has 1 aliphatic rings. The van der Waals surface area contributed by atoms with E-state index >= 15 is 0 Å². The van der Waals surface area contributed by atoms with Crippen LogP contribution < -0.4 is 11.1 Å². The van der Waals surface area contributed by atoms with Crippen LogP contribution in [-0.4, -0.2) is 30.2 Å². The summed E-state index contributed by atoms with van der Waals surface area (Å²) in [6.07, 6.45) is -1.31. The van der Waals surface area contributed by atoms with Gasteiger partial charge in [-0.15, -0.1) is 0 Å². The normalized spacial score (nSPS) is 27.9. The molecule has 0 saturated heterocycles. The van der Waals surface area contributed by atoms with Crippen LogP contribution in [0.5, 0.6) is 0 Å². The molecule has 0 aromatic carbocycles. The van der Waals surface area contributed by atoms with Crippen LogP contribution in [0.3, 0.4) is 0 Å². The van der Waals surface area contributed by atoms with E-state index in [-0.39, 0.29) is 19.4 Å². The fourth-order valence-electron chi connectivity index (χ4n) is 1.97. The molecule has 0 bridgehead atoms. The summed E-state index contributed by atoms with van der Waals surface area (Å²) in [5.41, 5.74) is 4.79. The second kappa shape index (κ2) is 4.76. The number of carbonyl (C=O) groups is 1. The van der Waals surface area contributed by atoms with E-state index < -0.39 is 29.6 Å². The second-order valence-corrected chi connectivity index (χ2v) is 5.51. The van der Waals surface area contributed by atoms with Crippen molar-refractivity contribution in [1.82, 2.24) is 5.32 Å². The highest BCUT2D eigenvalue weighted by Gasteiger charge is 2.46. The van der Waals surface area contributed by atoms with E-state index in [1.165, 1.54) is 0 Å². The molecule has 6 heteroatoms. The first-order chi connectivity index (χ1) is 7.63. The lowest BCUT2D eigenvalue weighted by Gasteiger charge is -2.23. The average molecular weight is 250 g/mol. The van der Waals surface area contributed by atoms with E-state index in [1.54, 1.807) is 20.8 Å². The third-order valence-corrected chi connectivity index (χ3v) is 2.65. The smallest absolute Gasteiger partial charge is 0.407 e. The number of nitrogens with two attached hydrogens (primary N) is 1. The predicted octanol–water partition coefficient (Wildman–Crippen LogP) is 1.88. The third-order valence-electron chi connectivity index (χ3n) is 2.65. The Kier molecular flexibility index (Phi) is 3.96. The number of ether oxygens (including phenoxy) is 1. The van der Waals surface area contributed by atoms with E-state index in [0.29, 0.717) is 0 Å². The number of amides is 1. The zero-order valence-corrected chi connectivity index (χ0v) is 10.4. The number of alkyl halides is 2. The van der Waals surface area contributed by atoms with E-state index in [1.807, 2.05) is 0 Å². The molecule has 1 fully saturated rings. The highest BCUT2D eigenvalue weighted by atomic mass is 19.3. The van der Waals surface area contributed by atoms with Crippen molar-refractivity contribution in [3.05, 3.63) is 0 Å². The van der Waals surface area contributed by atoms with Gasteiger partial charge in [0.05, 0.1) is 0 Å². The number of hydrogen-bond donors (Lipinski definition) is 2. The number of halogens is 2. The van der Waals surface area contributed by atoms with E-state index in [2.05, 4.69) is 5.32 Å². The maximum atomic E-state index is 13.2. The minimum absolute atomic E-state index is 0.135. The molecule has 0 aromatic rings. The van der Waals surface area contributed by atoms with Crippen molar-refractivity contribution >= 4 is 6.09 Å². The Hall–Kier alpha value is -0.910. The number of nitrogens with one attached hydrogen (secondary N) is 1. The first kappa shape index (κ1) is 14.2. The van der Waals surface area contributed by atoms with E-state index in [9.17, 15) is 13.6 Å². The molecular weight excluding hydrogens is 230 g/mol. The monoisotopic (exact) mass is 250 g/mol. The minimum atomic E-state index is -2.75. The van der Waals surface area contributed by atoms with Crippen molar-refractivity contribution < 1.29 is 18.3 Å². The molecule has 0 heterocycles. The number of hydrogen-bond acceptors (Lipinski definition) is 3. The quantitative estimate of drug-likeness (QED) is 0.786. The van der Waals surface area contributed by atoms with Crippen molar-refractivity contribution in [1.29, 1.82) is 0 Å². The molecule has 17 heavy (non-hydrogen) atoms. The molecule has 1 saturated carbocycles. The molecular formula is C11H20F2N2O2. The van der Waals surface area contributed by atoms with Crippen LogP contribution >= 0.6 is 0 Å². The summed E-state index contributed by atoms with van der Waals surface area (Å²) in [5.74, 6) is -3.14. The molecule has 4 nitrogen and oxygen atoms in total. The third kappa shape index (κ3) is 4.46. The summed E-state index contributed by atoms with van der Waals surface area (Å²) in [7, 11) is 0. The van der Waals surface area contributed by atoms with Crippen molar-refractivity contribution in [2.45, 2.75) is 51.2 Å². The van der Waals surface area contributed by atoms with Gasteiger partial charge >= 0.3 is 6.09 Å². The van der Waals surface area contributed by atoms with Crippen LogP contribution in [0.2, 0.25) is 0 Å². The highest BCUT2D eigenvalue weighted by molar-refractivity contribution is 5.68. The molecule has 1 rings (SSSR count). The average Bonchev–Trinajstić information content (AvgIpc) is 2.36. The molecule has 1 aliphatic carbocycles. The Morgan fingerprint density at radius 3 is 2.53 bits per heavy atom. The van der Waals surface area contributed by atoms with Crippen molar-refractivity contribution in [3.63, 3.8) is 0 Å². The largest absolute Gasteiger partial charge is 0.444 e. The lowest BCUT2D eigenvalue weighted by Crippen LogP contribution is -2.42. The van der Waals surface area contributed by atoms with Gasteiger partial charge in [-0.1, -0.05) is 0 Å². The summed E-state index contributed by atoms with van der Waals surface area (Å²) in [6.45, 7) is 5.29. The fourth-order valence-corrected chi connectivity index (χ4v) is 1.97. The Balaban J connectivity index is 2.53. The zero-order chi connectivity index (χ0) is 13.3. The number of alkyl carbamates (subject to hydrolysis) is 1. The number of rotatable bonds is 2. The summed E-state index contributed by atoms with van der Waals surface area (Å²) in [6, 6.07) is -0.607. The van der Waals surface area contributed by atoms with Gasteiger partial charge < -0.3 is 15.8 Å². The molecule has 0 aromatic heterocycles. The van der Waals surface area contributed by atoms with Crippen molar-refractivity contribution in [2.75, 3.05) is 6.54 Å². The topological polar surface area (TPSA) is 64.3 Å². The van der Waals surface area contributed by atoms with E-state index in [4.69, 9.17) is 10.5 Å². The molecule has 100 valence electrons. The summed E-state index contributed by atoms with van der Waals surface area (Å²) in [5, 5.41) is 2.47. The van der Waals surface area contributed by atoms with Crippen molar-refractivity contribution in [2.24, 2.45) is 11.7 Å². The summed E-state index contributed by atoms with van der Waals surface area (Å²) in [4.78, 5) is 11.5. The first-order valence-electron chi connectivity index (χ1n) is 5.70. The maximum absolute atomic E-state index is 13.2.